The Hall–Kier alpha value is -0.730. The molecule has 1 amide bonds. The molecule has 1 saturated heterocycles. The van der Waals surface area contributed by atoms with Gasteiger partial charge in [-0.2, -0.15) is 0 Å². The van der Waals surface area contributed by atoms with Crippen molar-refractivity contribution in [3.05, 3.63) is 0 Å². The number of hydrogen-bond acceptors (Lipinski definition) is 2. The molecule has 0 N–H and O–H groups in total. The summed E-state index contributed by atoms with van der Waals surface area (Å²) in [5.74, 6) is 1.45. The number of carbonyl (C=O) groups is 1. The Morgan fingerprint density at radius 2 is 1.72 bits per heavy atom. The Balaban J connectivity index is 1.92. The molecule has 1 heterocycles. The van der Waals surface area contributed by atoms with Crippen LogP contribution in [0, 0.1) is 17.3 Å². The van der Waals surface area contributed by atoms with Crippen molar-refractivity contribution in [2.24, 2.45) is 17.3 Å². The van der Waals surface area contributed by atoms with Gasteiger partial charge >= 0.3 is 6.09 Å². The molecule has 3 heteroatoms. The lowest BCUT2D eigenvalue weighted by atomic mass is 9.79. The molecule has 0 aromatic heterocycles. The van der Waals surface area contributed by atoms with Gasteiger partial charge in [0.2, 0.25) is 0 Å². The normalized spacial score (nSPS) is 31.9. The Morgan fingerprint density at radius 1 is 1.11 bits per heavy atom. The van der Waals surface area contributed by atoms with Crippen LogP contribution in [-0.4, -0.2) is 29.2 Å². The molecule has 0 aromatic rings. The molecule has 2 aliphatic rings. The van der Waals surface area contributed by atoms with Gasteiger partial charge in [-0.05, 0) is 50.9 Å². The van der Waals surface area contributed by atoms with Gasteiger partial charge in [0.1, 0.15) is 5.60 Å². The highest BCUT2D eigenvalue weighted by Gasteiger charge is 2.51. The molecule has 2 fully saturated rings. The zero-order chi connectivity index (χ0) is 13.7. The molecule has 3 nitrogen and oxygen atoms in total. The fourth-order valence-electron chi connectivity index (χ4n) is 3.17. The van der Waals surface area contributed by atoms with Crippen LogP contribution in [0.2, 0.25) is 0 Å². The van der Waals surface area contributed by atoms with Crippen LogP contribution >= 0.6 is 0 Å². The van der Waals surface area contributed by atoms with Gasteiger partial charge in [-0.3, -0.25) is 0 Å². The summed E-state index contributed by atoms with van der Waals surface area (Å²) in [5.41, 5.74) is -0.0266. The van der Waals surface area contributed by atoms with E-state index in [-0.39, 0.29) is 11.7 Å². The smallest absolute Gasteiger partial charge is 0.410 e. The monoisotopic (exact) mass is 253 g/mol. The molecule has 3 unspecified atom stereocenters. The van der Waals surface area contributed by atoms with Gasteiger partial charge in [-0.15, -0.1) is 0 Å². The van der Waals surface area contributed by atoms with Crippen molar-refractivity contribution in [2.75, 3.05) is 6.54 Å². The van der Waals surface area contributed by atoms with Crippen LogP contribution < -0.4 is 0 Å². The van der Waals surface area contributed by atoms with Crippen molar-refractivity contribution in [3.63, 3.8) is 0 Å². The maximum absolute atomic E-state index is 12.0. The fraction of sp³-hybridized carbons (Fsp3) is 0.933. The van der Waals surface area contributed by atoms with E-state index in [1.807, 2.05) is 25.7 Å². The molecule has 1 saturated carbocycles. The van der Waals surface area contributed by atoms with E-state index in [1.165, 1.54) is 6.42 Å². The molecule has 1 aliphatic carbocycles. The molecule has 104 valence electrons. The lowest BCUT2D eigenvalue weighted by Gasteiger charge is -2.44. The Bertz CT molecular complexity index is 337. The standard InChI is InChI=1S/C15H27NO2/c1-14(2,3)11-7-10-9-16(12(10)8-11)13(17)18-15(4,5)6/h10-12H,7-9H2,1-6H3. The highest BCUT2D eigenvalue weighted by Crippen LogP contribution is 2.49. The lowest BCUT2D eigenvalue weighted by Crippen LogP contribution is -2.57. The number of carbonyl (C=O) groups excluding carboxylic acids is 1. The van der Waals surface area contributed by atoms with Gasteiger partial charge in [0, 0.05) is 12.6 Å². The third kappa shape index (κ3) is 2.65. The quantitative estimate of drug-likeness (QED) is 0.659. The van der Waals surface area contributed by atoms with Crippen LogP contribution in [0.15, 0.2) is 0 Å². The Kier molecular flexibility index (Phi) is 3.15. The number of hydrogen-bond donors (Lipinski definition) is 0. The second kappa shape index (κ2) is 4.14. The van der Waals surface area contributed by atoms with Crippen molar-refractivity contribution in [1.29, 1.82) is 0 Å². The molecule has 0 radical (unpaired) electrons. The fourth-order valence-corrected chi connectivity index (χ4v) is 3.17. The number of nitrogens with zero attached hydrogens (tertiary/aromatic N) is 1. The summed E-state index contributed by atoms with van der Waals surface area (Å²) in [4.78, 5) is 14.0. The maximum atomic E-state index is 12.0. The Morgan fingerprint density at radius 3 is 2.22 bits per heavy atom. The number of fused-ring (bicyclic) bond motifs is 1. The van der Waals surface area contributed by atoms with Crippen LogP contribution in [0.25, 0.3) is 0 Å². The molecule has 1 aliphatic heterocycles. The van der Waals surface area contributed by atoms with Crippen LogP contribution in [0.1, 0.15) is 54.4 Å². The van der Waals surface area contributed by atoms with Gasteiger partial charge in [-0.1, -0.05) is 20.8 Å². The molecule has 0 aromatic carbocycles. The summed E-state index contributed by atoms with van der Waals surface area (Å²) in [6.45, 7) is 13.6. The summed E-state index contributed by atoms with van der Waals surface area (Å²) in [6.07, 6.45) is 2.29. The highest BCUT2D eigenvalue weighted by molar-refractivity contribution is 5.70. The van der Waals surface area contributed by atoms with Crippen LogP contribution in [0.5, 0.6) is 0 Å². The second-order valence-electron chi connectivity index (χ2n) is 7.99. The van der Waals surface area contributed by atoms with E-state index in [0.717, 1.165) is 18.9 Å². The molecule has 0 spiro atoms. The predicted molar refractivity (Wildman–Crippen MR) is 72.4 cm³/mol. The highest BCUT2D eigenvalue weighted by atomic mass is 16.6. The van der Waals surface area contributed by atoms with Crippen LogP contribution in [-0.2, 0) is 4.74 Å². The third-order valence-corrected chi connectivity index (χ3v) is 4.34. The molecule has 3 atom stereocenters. The van der Waals surface area contributed by atoms with E-state index in [4.69, 9.17) is 4.74 Å². The lowest BCUT2D eigenvalue weighted by molar-refractivity contribution is -0.0210. The van der Waals surface area contributed by atoms with Crippen LogP contribution in [0.3, 0.4) is 0 Å². The van der Waals surface area contributed by atoms with E-state index in [1.54, 1.807) is 0 Å². The van der Waals surface area contributed by atoms with E-state index in [0.29, 0.717) is 17.4 Å². The van der Waals surface area contributed by atoms with Crippen molar-refractivity contribution < 1.29 is 9.53 Å². The van der Waals surface area contributed by atoms with Crippen molar-refractivity contribution in [2.45, 2.75) is 66.0 Å². The summed E-state index contributed by atoms with van der Waals surface area (Å²) in [6, 6.07) is 0.434. The first kappa shape index (κ1) is 13.7. The van der Waals surface area contributed by atoms with E-state index < -0.39 is 0 Å². The first-order valence-electron chi connectivity index (χ1n) is 7.07. The summed E-state index contributed by atoms with van der Waals surface area (Å²) in [5, 5.41) is 0. The number of ether oxygens (including phenoxy) is 1. The Labute approximate surface area is 111 Å². The first-order chi connectivity index (χ1) is 8.08. The van der Waals surface area contributed by atoms with E-state index in [2.05, 4.69) is 20.8 Å². The minimum Gasteiger partial charge on any atom is -0.444 e. The summed E-state index contributed by atoms with van der Waals surface area (Å²) < 4.78 is 5.46. The molecule has 2 rings (SSSR count). The largest absolute Gasteiger partial charge is 0.444 e. The molecule has 18 heavy (non-hydrogen) atoms. The van der Waals surface area contributed by atoms with Crippen LogP contribution in [0.4, 0.5) is 4.79 Å². The number of rotatable bonds is 0. The van der Waals surface area contributed by atoms with Crippen molar-refractivity contribution in [3.8, 4) is 0 Å². The SMILES string of the molecule is CC(C)(C)OC(=O)N1CC2CC(C(C)(C)C)CC21. The van der Waals surface area contributed by atoms with Gasteiger partial charge < -0.3 is 9.64 Å². The average Bonchev–Trinajstić information content (AvgIpc) is 2.39. The second-order valence-corrected chi connectivity index (χ2v) is 7.99. The summed E-state index contributed by atoms with van der Waals surface area (Å²) >= 11 is 0. The van der Waals surface area contributed by atoms with Gasteiger partial charge in [0.15, 0.2) is 0 Å². The molecule has 0 bridgehead atoms. The number of amides is 1. The van der Waals surface area contributed by atoms with Crippen molar-refractivity contribution in [1.82, 2.24) is 4.90 Å². The van der Waals surface area contributed by atoms with Gasteiger partial charge in [0.05, 0.1) is 0 Å². The minimum absolute atomic E-state index is 0.127. The summed E-state index contributed by atoms with van der Waals surface area (Å²) in [7, 11) is 0. The van der Waals surface area contributed by atoms with E-state index in [9.17, 15) is 4.79 Å². The van der Waals surface area contributed by atoms with E-state index >= 15 is 0 Å². The minimum atomic E-state index is -0.385. The van der Waals surface area contributed by atoms with Gasteiger partial charge in [-0.25, -0.2) is 4.79 Å². The van der Waals surface area contributed by atoms with Gasteiger partial charge in [0.25, 0.3) is 0 Å². The van der Waals surface area contributed by atoms with Crippen molar-refractivity contribution >= 4 is 6.09 Å². The average molecular weight is 253 g/mol. The zero-order valence-electron chi connectivity index (χ0n) is 12.6. The number of likely N-dealkylation sites (tertiary alicyclic amines) is 1. The zero-order valence-corrected chi connectivity index (χ0v) is 12.6. The topological polar surface area (TPSA) is 29.5 Å². The molecular formula is C15H27NO2. The predicted octanol–water partition coefficient (Wildman–Crippen LogP) is 3.68. The third-order valence-electron chi connectivity index (χ3n) is 4.34. The molecular weight excluding hydrogens is 226 g/mol. The maximum Gasteiger partial charge on any atom is 0.410 e. The first-order valence-corrected chi connectivity index (χ1v) is 7.07.